The number of nitrogens with zero attached hydrogens (tertiary/aromatic N) is 2. The number of carbonyl (C=O) groups excluding carboxylic acids is 1. The fraction of sp³-hybridized carbons (Fsp3) is 0.118. The normalized spacial score (nSPS) is 11.5. The lowest BCUT2D eigenvalue weighted by Gasteiger charge is -2.10. The SMILES string of the molecule is O=C(CSc1nc(-c2cccs2)cc(C(F)(F)F)n1)Nc1ccc(F)c(F)c1. The number of benzene rings is 1. The lowest BCUT2D eigenvalue weighted by molar-refractivity contribution is -0.141. The molecule has 4 nitrogen and oxygen atoms in total. The second kappa shape index (κ2) is 8.23. The number of carbonyl (C=O) groups is 1. The van der Waals surface area contributed by atoms with Crippen molar-refractivity contribution in [2.75, 3.05) is 11.1 Å². The van der Waals surface area contributed by atoms with Crippen LogP contribution in [0, 0.1) is 11.6 Å². The van der Waals surface area contributed by atoms with E-state index in [-0.39, 0.29) is 22.3 Å². The van der Waals surface area contributed by atoms with Gasteiger partial charge in [0.05, 0.1) is 16.3 Å². The second-order valence-electron chi connectivity index (χ2n) is 5.36. The van der Waals surface area contributed by atoms with Gasteiger partial charge < -0.3 is 5.32 Å². The minimum atomic E-state index is -4.67. The van der Waals surface area contributed by atoms with Crippen molar-refractivity contribution in [3.63, 3.8) is 0 Å². The number of amides is 1. The lowest BCUT2D eigenvalue weighted by Crippen LogP contribution is -2.15. The third kappa shape index (κ3) is 5.04. The van der Waals surface area contributed by atoms with E-state index in [1.165, 1.54) is 11.3 Å². The Morgan fingerprint density at radius 3 is 2.54 bits per heavy atom. The van der Waals surface area contributed by atoms with Gasteiger partial charge in [0.2, 0.25) is 5.91 Å². The molecule has 146 valence electrons. The van der Waals surface area contributed by atoms with Gasteiger partial charge >= 0.3 is 6.18 Å². The van der Waals surface area contributed by atoms with E-state index < -0.39 is 29.4 Å². The third-order valence-electron chi connectivity index (χ3n) is 3.31. The highest BCUT2D eigenvalue weighted by molar-refractivity contribution is 7.99. The first kappa shape index (κ1) is 20.2. The summed E-state index contributed by atoms with van der Waals surface area (Å²) in [5.74, 6) is -3.14. The van der Waals surface area contributed by atoms with Crippen molar-refractivity contribution in [3.8, 4) is 10.6 Å². The van der Waals surface area contributed by atoms with Crippen LogP contribution in [-0.2, 0) is 11.0 Å². The van der Waals surface area contributed by atoms with Gasteiger partial charge in [0.25, 0.3) is 0 Å². The average molecular weight is 431 g/mol. The molecule has 2 heterocycles. The zero-order chi connectivity index (χ0) is 20.3. The smallest absolute Gasteiger partial charge is 0.325 e. The number of thiophene rings is 1. The number of nitrogens with one attached hydrogen (secondary N) is 1. The Kier molecular flexibility index (Phi) is 5.94. The number of halogens is 5. The molecule has 1 amide bonds. The van der Waals surface area contributed by atoms with Gasteiger partial charge in [-0.15, -0.1) is 11.3 Å². The van der Waals surface area contributed by atoms with Crippen molar-refractivity contribution in [1.82, 2.24) is 9.97 Å². The van der Waals surface area contributed by atoms with Gasteiger partial charge in [-0.05, 0) is 29.6 Å². The number of alkyl halides is 3. The Labute approximate surface area is 163 Å². The predicted octanol–water partition coefficient (Wildman–Crippen LogP) is 5.23. The molecule has 1 aromatic carbocycles. The molecule has 0 bridgehead atoms. The number of hydrogen-bond donors (Lipinski definition) is 1. The predicted molar refractivity (Wildman–Crippen MR) is 96.1 cm³/mol. The van der Waals surface area contributed by atoms with Gasteiger partial charge in [-0.3, -0.25) is 4.79 Å². The van der Waals surface area contributed by atoms with E-state index in [2.05, 4.69) is 15.3 Å². The molecule has 0 saturated heterocycles. The number of hydrogen-bond acceptors (Lipinski definition) is 5. The summed E-state index contributed by atoms with van der Waals surface area (Å²) in [6.45, 7) is 0. The molecule has 0 atom stereocenters. The minimum Gasteiger partial charge on any atom is -0.325 e. The summed E-state index contributed by atoms with van der Waals surface area (Å²) in [7, 11) is 0. The van der Waals surface area contributed by atoms with E-state index in [0.717, 1.165) is 24.3 Å². The van der Waals surface area contributed by atoms with Crippen molar-refractivity contribution in [2.45, 2.75) is 11.3 Å². The molecule has 28 heavy (non-hydrogen) atoms. The number of rotatable bonds is 5. The number of aromatic nitrogens is 2. The Balaban J connectivity index is 1.75. The van der Waals surface area contributed by atoms with E-state index in [1.807, 2.05) is 0 Å². The van der Waals surface area contributed by atoms with Gasteiger partial charge in [0, 0.05) is 11.8 Å². The van der Waals surface area contributed by atoms with Gasteiger partial charge in [-0.2, -0.15) is 13.2 Å². The third-order valence-corrected chi connectivity index (χ3v) is 5.05. The Hall–Kier alpha value is -2.53. The van der Waals surface area contributed by atoms with Crippen LogP contribution in [0.25, 0.3) is 10.6 Å². The summed E-state index contributed by atoms with van der Waals surface area (Å²) in [5, 5.41) is 3.80. The van der Waals surface area contributed by atoms with Crippen molar-refractivity contribution in [1.29, 1.82) is 0 Å². The van der Waals surface area contributed by atoms with Crippen molar-refractivity contribution < 1.29 is 26.7 Å². The number of anilines is 1. The molecular formula is C17H10F5N3OS2. The topological polar surface area (TPSA) is 54.9 Å². The molecule has 0 saturated carbocycles. The van der Waals surface area contributed by atoms with Crippen molar-refractivity contribution >= 4 is 34.7 Å². The highest BCUT2D eigenvalue weighted by Gasteiger charge is 2.34. The Morgan fingerprint density at radius 1 is 1.11 bits per heavy atom. The van der Waals surface area contributed by atoms with E-state index in [9.17, 15) is 26.7 Å². The zero-order valence-electron chi connectivity index (χ0n) is 13.8. The monoisotopic (exact) mass is 431 g/mol. The summed E-state index contributed by atoms with van der Waals surface area (Å²) in [4.78, 5) is 20.0. The summed E-state index contributed by atoms with van der Waals surface area (Å²) in [6.07, 6.45) is -4.67. The van der Waals surface area contributed by atoms with Crippen LogP contribution >= 0.6 is 23.1 Å². The molecule has 0 fully saturated rings. The molecule has 2 aromatic heterocycles. The second-order valence-corrected chi connectivity index (χ2v) is 7.25. The molecule has 0 aliphatic carbocycles. The molecule has 0 unspecified atom stereocenters. The largest absolute Gasteiger partial charge is 0.433 e. The van der Waals surface area contributed by atoms with E-state index >= 15 is 0 Å². The molecule has 0 aliphatic heterocycles. The van der Waals surface area contributed by atoms with Crippen LogP contribution in [-0.4, -0.2) is 21.6 Å². The molecule has 0 radical (unpaired) electrons. The first-order valence-corrected chi connectivity index (χ1v) is 9.47. The minimum absolute atomic E-state index is 0.0220. The summed E-state index contributed by atoms with van der Waals surface area (Å²) in [6, 6.07) is 6.96. The van der Waals surface area contributed by atoms with Gasteiger partial charge in [-0.1, -0.05) is 17.8 Å². The van der Waals surface area contributed by atoms with Crippen LogP contribution in [0.5, 0.6) is 0 Å². The first-order valence-electron chi connectivity index (χ1n) is 7.60. The maximum atomic E-state index is 13.2. The fourth-order valence-electron chi connectivity index (χ4n) is 2.09. The van der Waals surface area contributed by atoms with E-state index in [4.69, 9.17) is 0 Å². The van der Waals surface area contributed by atoms with Crippen LogP contribution in [0.3, 0.4) is 0 Å². The van der Waals surface area contributed by atoms with Crippen molar-refractivity contribution in [3.05, 3.63) is 59.1 Å². The molecule has 11 heteroatoms. The summed E-state index contributed by atoms with van der Waals surface area (Å²) < 4.78 is 65.4. The molecule has 0 spiro atoms. The van der Waals surface area contributed by atoms with Crippen LogP contribution in [0.4, 0.5) is 27.6 Å². The molecule has 0 aliphatic rings. The van der Waals surface area contributed by atoms with E-state index in [1.54, 1.807) is 17.5 Å². The van der Waals surface area contributed by atoms with Crippen LogP contribution in [0.15, 0.2) is 46.9 Å². The average Bonchev–Trinajstić information content (AvgIpc) is 3.17. The zero-order valence-corrected chi connectivity index (χ0v) is 15.4. The summed E-state index contributed by atoms with van der Waals surface area (Å²) >= 11 is 1.92. The van der Waals surface area contributed by atoms with Gasteiger partial charge in [0.1, 0.15) is 5.69 Å². The van der Waals surface area contributed by atoms with Crippen molar-refractivity contribution in [2.24, 2.45) is 0 Å². The van der Waals surface area contributed by atoms with Crippen LogP contribution < -0.4 is 5.32 Å². The fourth-order valence-corrected chi connectivity index (χ4v) is 3.43. The maximum absolute atomic E-state index is 13.2. The van der Waals surface area contributed by atoms with Gasteiger partial charge in [0.15, 0.2) is 16.8 Å². The Bertz CT molecular complexity index is 993. The number of thioether (sulfide) groups is 1. The first-order chi connectivity index (χ1) is 13.2. The highest BCUT2D eigenvalue weighted by atomic mass is 32.2. The van der Waals surface area contributed by atoms with Crippen LogP contribution in [0.1, 0.15) is 5.69 Å². The highest BCUT2D eigenvalue weighted by Crippen LogP contribution is 2.33. The molecule has 1 N–H and O–H groups in total. The lowest BCUT2D eigenvalue weighted by atomic mass is 10.3. The van der Waals surface area contributed by atoms with E-state index in [0.29, 0.717) is 16.6 Å². The van der Waals surface area contributed by atoms with Crippen LogP contribution in [0.2, 0.25) is 0 Å². The molecule has 3 rings (SSSR count). The quantitative estimate of drug-likeness (QED) is 0.341. The maximum Gasteiger partial charge on any atom is 0.433 e. The van der Waals surface area contributed by atoms with Gasteiger partial charge in [-0.25, -0.2) is 18.7 Å². The summed E-state index contributed by atoms with van der Waals surface area (Å²) in [5.41, 5.74) is -0.996. The molecular weight excluding hydrogens is 421 g/mol. The Morgan fingerprint density at radius 2 is 1.89 bits per heavy atom. The standard InChI is InChI=1S/C17H10F5N3OS2/c18-10-4-3-9(6-11(10)19)23-15(26)8-28-16-24-12(13-2-1-5-27-13)7-14(25-16)17(20,21)22/h1-7H,8H2,(H,23,26). The molecule has 3 aromatic rings.